The van der Waals surface area contributed by atoms with Gasteiger partial charge in [0.15, 0.2) is 17.3 Å². The summed E-state index contributed by atoms with van der Waals surface area (Å²) in [7, 11) is 1.34. The average molecular weight is 395 g/mol. The molecule has 0 heterocycles. The van der Waals surface area contributed by atoms with Gasteiger partial charge in [0.1, 0.15) is 5.82 Å². The Kier molecular flexibility index (Phi) is 7.86. The zero-order valence-corrected chi connectivity index (χ0v) is 15.2. The van der Waals surface area contributed by atoms with Gasteiger partial charge in [-0.3, -0.25) is 9.59 Å². The Balaban J connectivity index is 1.77. The van der Waals surface area contributed by atoms with Gasteiger partial charge < -0.3 is 14.8 Å². The van der Waals surface area contributed by atoms with Crippen LogP contribution < -0.4 is 14.8 Å². The monoisotopic (exact) mass is 395 g/mol. The largest absolute Gasteiger partial charge is 0.493 e. The normalized spacial score (nSPS) is 10.6. The fourth-order valence-electron chi connectivity index (χ4n) is 2.50. The van der Waals surface area contributed by atoms with Gasteiger partial charge in [-0.15, -0.1) is 0 Å². The topological polar surface area (TPSA) is 64.6 Å². The third kappa shape index (κ3) is 6.61. The Morgan fingerprint density at radius 3 is 2.39 bits per heavy atom. The maximum Gasteiger partial charge on any atom is 0.387 e. The van der Waals surface area contributed by atoms with E-state index in [1.807, 2.05) is 0 Å². The first-order chi connectivity index (χ1) is 13.4. The van der Waals surface area contributed by atoms with Crippen LogP contribution in [0.3, 0.4) is 0 Å². The van der Waals surface area contributed by atoms with Gasteiger partial charge in [0.05, 0.1) is 7.11 Å². The minimum Gasteiger partial charge on any atom is -0.493 e. The van der Waals surface area contributed by atoms with Crippen molar-refractivity contribution in [1.29, 1.82) is 0 Å². The minimum atomic E-state index is -2.95. The van der Waals surface area contributed by atoms with E-state index in [0.717, 1.165) is 5.56 Å². The molecule has 0 aliphatic heterocycles. The molecule has 2 aromatic carbocycles. The molecule has 0 unspecified atom stereocenters. The highest BCUT2D eigenvalue weighted by Gasteiger charge is 2.12. The van der Waals surface area contributed by atoms with Crippen LogP contribution in [0.5, 0.6) is 11.5 Å². The second-order valence-electron chi connectivity index (χ2n) is 5.89. The highest BCUT2D eigenvalue weighted by molar-refractivity contribution is 5.97. The zero-order valence-electron chi connectivity index (χ0n) is 15.2. The van der Waals surface area contributed by atoms with Crippen LogP contribution in [-0.2, 0) is 11.2 Å². The van der Waals surface area contributed by atoms with Crippen LogP contribution in [-0.4, -0.2) is 32.0 Å². The molecule has 28 heavy (non-hydrogen) atoms. The van der Waals surface area contributed by atoms with Crippen molar-refractivity contribution >= 4 is 11.7 Å². The van der Waals surface area contributed by atoms with Crippen molar-refractivity contribution in [3.63, 3.8) is 0 Å². The summed E-state index contributed by atoms with van der Waals surface area (Å²) < 4.78 is 46.9. The summed E-state index contributed by atoms with van der Waals surface area (Å²) in [6, 6.07) is 9.68. The highest BCUT2D eigenvalue weighted by atomic mass is 19.3. The summed E-state index contributed by atoms with van der Waals surface area (Å²) in [6.07, 6.45) is 0.481. The predicted octanol–water partition coefficient (Wildman–Crippen LogP) is 3.76. The van der Waals surface area contributed by atoms with Gasteiger partial charge in [0.2, 0.25) is 5.91 Å². The van der Waals surface area contributed by atoms with Crippen LogP contribution >= 0.6 is 0 Å². The number of rotatable bonds is 10. The number of halogens is 3. The van der Waals surface area contributed by atoms with E-state index in [9.17, 15) is 22.8 Å². The van der Waals surface area contributed by atoms with Crippen molar-refractivity contribution in [2.24, 2.45) is 0 Å². The number of nitrogens with one attached hydrogen (secondary N) is 1. The fraction of sp³-hybridized carbons (Fsp3) is 0.300. The Hall–Kier alpha value is -3.03. The Bertz CT molecular complexity index is 810. The minimum absolute atomic E-state index is 0.0146. The average Bonchev–Trinajstić information content (AvgIpc) is 2.67. The molecule has 5 nitrogen and oxygen atoms in total. The van der Waals surface area contributed by atoms with Crippen LogP contribution in [0.15, 0.2) is 42.5 Å². The molecule has 0 spiro atoms. The van der Waals surface area contributed by atoms with E-state index in [1.54, 1.807) is 12.1 Å². The lowest BCUT2D eigenvalue weighted by Gasteiger charge is -2.11. The van der Waals surface area contributed by atoms with Crippen LogP contribution in [0.1, 0.15) is 28.8 Å². The Labute approximate surface area is 160 Å². The molecule has 0 radical (unpaired) electrons. The van der Waals surface area contributed by atoms with Gasteiger partial charge >= 0.3 is 6.61 Å². The van der Waals surface area contributed by atoms with E-state index in [2.05, 4.69) is 10.1 Å². The smallest absolute Gasteiger partial charge is 0.387 e. The van der Waals surface area contributed by atoms with E-state index >= 15 is 0 Å². The molecule has 150 valence electrons. The van der Waals surface area contributed by atoms with Crippen LogP contribution in [0.4, 0.5) is 13.2 Å². The summed E-state index contributed by atoms with van der Waals surface area (Å²) in [5.41, 5.74) is 1.12. The number of hydrogen-bond donors (Lipinski definition) is 1. The molecule has 0 aliphatic rings. The summed E-state index contributed by atoms with van der Waals surface area (Å²) in [5, 5.41) is 2.69. The quantitative estimate of drug-likeness (QED) is 0.623. The van der Waals surface area contributed by atoms with Gasteiger partial charge in [0, 0.05) is 24.9 Å². The lowest BCUT2D eigenvalue weighted by atomic mass is 10.1. The van der Waals surface area contributed by atoms with E-state index in [1.165, 1.54) is 37.4 Å². The number of carbonyl (C=O) groups is 2. The lowest BCUT2D eigenvalue weighted by molar-refractivity contribution is -0.121. The third-order valence-corrected chi connectivity index (χ3v) is 3.93. The number of carbonyl (C=O) groups excluding carboxylic acids is 2. The Morgan fingerprint density at radius 2 is 1.75 bits per heavy atom. The summed E-state index contributed by atoms with van der Waals surface area (Å²) in [5.74, 6) is -0.854. The number of amides is 1. The molecule has 1 amide bonds. The number of ketones is 1. The molecule has 2 rings (SSSR count). The van der Waals surface area contributed by atoms with E-state index in [4.69, 9.17) is 4.74 Å². The van der Waals surface area contributed by atoms with Gasteiger partial charge in [-0.2, -0.15) is 8.78 Å². The third-order valence-electron chi connectivity index (χ3n) is 3.93. The molecule has 0 aliphatic carbocycles. The van der Waals surface area contributed by atoms with Crippen molar-refractivity contribution < 1.29 is 32.2 Å². The number of benzene rings is 2. The van der Waals surface area contributed by atoms with Crippen molar-refractivity contribution in [1.82, 2.24) is 5.32 Å². The summed E-state index contributed by atoms with van der Waals surface area (Å²) >= 11 is 0. The molecule has 2 aromatic rings. The van der Waals surface area contributed by atoms with Crippen molar-refractivity contribution in [3.8, 4) is 11.5 Å². The van der Waals surface area contributed by atoms with Gasteiger partial charge in [0.25, 0.3) is 0 Å². The zero-order chi connectivity index (χ0) is 20.5. The van der Waals surface area contributed by atoms with Crippen LogP contribution in [0, 0.1) is 5.82 Å². The number of ether oxygens (including phenoxy) is 2. The van der Waals surface area contributed by atoms with Gasteiger partial charge in [-0.25, -0.2) is 4.39 Å². The molecule has 1 N–H and O–H groups in total. The van der Waals surface area contributed by atoms with E-state index < -0.39 is 12.4 Å². The molecule has 0 saturated carbocycles. The molecule has 0 fully saturated rings. The predicted molar refractivity (Wildman–Crippen MR) is 96.3 cm³/mol. The fourth-order valence-corrected chi connectivity index (χ4v) is 2.50. The molecular formula is C20H20F3NO4. The second kappa shape index (κ2) is 10.3. The standard InChI is InChI=1S/C20H20F3NO4/c1-27-18-12-13(2-8-17(18)28-20(22)23)10-11-24-19(26)9-7-16(25)14-3-5-15(21)6-4-14/h2-6,8,12,20H,7,9-11H2,1H3,(H,24,26). The van der Waals surface area contributed by atoms with Crippen LogP contribution in [0.2, 0.25) is 0 Å². The van der Waals surface area contributed by atoms with Crippen molar-refractivity contribution in [2.75, 3.05) is 13.7 Å². The SMILES string of the molecule is COc1cc(CCNC(=O)CCC(=O)c2ccc(F)cc2)ccc1OC(F)F. The molecule has 0 atom stereocenters. The molecule has 0 saturated heterocycles. The number of alkyl halides is 2. The maximum atomic E-state index is 12.8. The summed E-state index contributed by atoms with van der Waals surface area (Å²) in [4.78, 5) is 23.8. The van der Waals surface area contributed by atoms with Gasteiger partial charge in [-0.05, 0) is 48.4 Å². The molecule has 8 heteroatoms. The first kappa shape index (κ1) is 21.3. The second-order valence-corrected chi connectivity index (χ2v) is 5.89. The van der Waals surface area contributed by atoms with Crippen molar-refractivity contribution in [3.05, 3.63) is 59.4 Å². The maximum absolute atomic E-state index is 12.8. The van der Waals surface area contributed by atoms with E-state index in [-0.39, 0.29) is 36.0 Å². The van der Waals surface area contributed by atoms with E-state index in [0.29, 0.717) is 18.5 Å². The summed E-state index contributed by atoms with van der Waals surface area (Å²) in [6.45, 7) is -2.64. The number of Topliss-reactive ketones (excluding diaryl/α,β-unsaturated/α-hetero) is 1. The first-order valence-electron chi connectivity index (χ1n) is 8.56. The highest BCUT2D eigenvalue weighted by Crippen LogP contribution is 2.29. The van der Waals surface area contributed by atoms with Crippen LogP contribution in [0.25, 0.3) is 0 Å². The molecule has 0 bridgehead atoms. The molecule has 0 aromatic heterocycles. The number of hydrogen-bond acceptors (Lipinski definition) is 4. The Morgan fingerprint density at radius 1 is 1.04 bits per heavy atom. The van der Waals surface area contributed by atoms with Gasteiger partial charge in [-0.1, -0.05) is 6.07 Å². The molecular weight excluding hydrogens is 375 g/mol. The first-order valence-corrected chi connectivity index (χ1v) is 8.56. The lowest BCUT2D eigenvalue weighted by Crippen LogP contribution is -2.26. The van der Waals surface area contributed by atoms with Crippen molar-refractivity contribution in [2.45, 2.75) is 25.9 Å². The number of methoxy groups -OCH3 is 1.